The number of rotatable bonds is 6. The molecule has 1 atom stereocenters. The van der Waals surface area contributed by atoms with Gasteiger partial charge in [0.05, 0.1) is 24.4 Å². The van der Waals surface area contributed by atoms with Crippen molar-refractivity contribution >= 4 is 45.6 Å². The number of methoxy groups -OCH3 is 1. The van der Waals surface area contributed by atoms with E-state index in [9.17, 15) is 14.4 Å². The van der Waals surface area contributed by atoms with Gasteiger partial charge in [-0.05, 0) is 49.6 Å². The van der Waals surface area contributed by atoms with Gasteiger partial charge in [-0.3, -0.25) is 19.7 Å². The molecule has 0 fully saturated rings. The zero-order valence-corrected chi connectivity index (χ0v) is 19.1. The Morgan fingerprint density at radius 3 is 2.58 bits per heavy atom. The Balaban J connectivity index is 1.53. The highest BCUT2D eigenvalue weighted by molar-refractivity contribution is 7.16. The maximum Gasteiger partial charge on any atom is 0.257 e. The van der Waals surface area contributed by atoms with E-state index in [0.717, 1.165) is 17.7 Å². The van der Waals surface area contributed by atoms with Gasteiger partial charge in [0, 0.05) is 23.1 Å². The number of aryl methyl sites for hydroxylation is 1. The fourth-order valence-corrected chi connectivity index (χ4v) is 4.85. The van der Waals surface area contributed by atoms with Crippen LogP contribution < -0.4 is 20.7 Å². The number of ether oxygens (including phenoxy) is 1. The third kappa shape index (κ3) is 5.20. The Morgan fingerprint density at radius 1 is 1.06 bits per heavy atom. The highest BCUT2D eigenvalue weighted by Gasteiger charge is 2.31. The maximum atomic E-state index is 13.2. The summed E-state index contributed by atoms with van der Waals surface area (Å²) in [5, 5.41) is 8.96. The van der Waals surface area contributed by atoms with Gasteiger partial charge < -0.3 is 15.4 Å². The molecule has 170 valence electrons. The molecule has 1 aliphatic carbocycles. The maximum absolute atomic E-state index is 13.2. The van der Waals surface area contributed by atoms with Crippen LogP contribution >= 0.6 is 11.3 Å². The van der Waals surface area contributed by atoms with Crippen molar-refractivity contribution in [2.45, 2.75) is 32.1 Å². The van der Waals surface area contributed by atoms with Crippen LogP contribution in [0.25, 0.3) is 0 Å². The van der Waals surface area contributed by atoms with E-state index < -0.39 is 5.92 Å². The third-order valence-corrected chi connectivity index (χ3v) is 6.35. The van der Waals surface area contributed by atoms with Gasteiger partial charge in [-0.15, -0.1) is 11.3 Å². The highest BCUT2D eigenvalue weighted by atomic mass is 32.1. The van der Waals surface area contributed by atoms with Crippen LogP contribution in [0.5, 0.6) is 5.75 Å². The van der Waals surface area contributed by atoms with Crippen molar-refractivity contribution in [2.24, 2.45) is 0 Å². The number of hydrogen-bond donors (Lipinski definition) is 3. The number of aromatic nitrogens is 1. The molecule has 33 heavy (non-hydrogen) atoms. The zero-order chi connectivity index (χ0) is 23.4. The first-order chi connectivity index (χ1) is 15.9. The van der Waals surface area contributed by atoms with Crippen LogP contribution in [0, 0.1) is 0 Å². The number of nitrogens with one attached hydrogen (secondary N) is 3. The van der Waals surface area contributed by atoms with Gasteiger partial charge in [0.1, 0.15) is 5.75 Å². The molecule has 1 unspecified atom stereocenters. The summed E-state index contributed by atoms with van der Waals surface area (Å²) in [6, 6.07) is 14.0. The molecule has 1 aromatic heterocycles. The van der Waals surface area contributed by atoms with Crippen molar-refractivity contribution in [3.63, 3.8) is 0 Å². The molecular formula is C24H24N4O4S. The second-order valence-electron chi connectivity index (χ2n) is 7.68. The SMILES string of the molecule is COc1ccc(NC(C)=O)cc1NC(=O)C1CCCc2sc(NC(=O)c3ccccc3)nc21. The van der Waals surface area contributed by atoms with E-state index in [1.165, 1.54) is 25.4 Å². The van der Waals surface area contributed by atoms with Gasteiger partial charge in [-0.2, -0.15) is 0 Å². The van der Waals surface area contributed by atoms with Gasteiger partial charge in [0.2, 0.25) is 11.8 Å². The zero-order valence-electron chi connectivity index (χ0n) is 18.3. The summed E-state index contributed by atoms with van der Waals surface area (Å²) in [6.07, 6.45) is 2.32. The van der Waals surface area contributed by atoms with Crippen molar-refractivity contribution in [1.82, 2.24) is 4.98 Å². The standard InChI is InChI=1S/C24H24N4O4S/c1-14(29)25-16-11-12-19(32-2)18(13-16)26-23(31)17-9-6-10-20-21(17)27-24(33-20)28-22(30)15-7-4-3-5-8-15/h3-5,7-8,11-13,17H,6,9-10H2,1-2H3,(H,25,29)(H,26,31)(H,27,28,30). The molecule has 3 amide bonds. The van der Waals surface area contributed by atoms with Crippen LogP contribution in [0.4, 0.5) is 16.5 Å². The molecule has 0 spiro atoms. The minimum Gasteiger partial charge on any atom is -0.495 e. The fourth-order valence-electron chi connectivity index (χ4n) is 3.79. The van der Waals surface area contributed by atoms with Gasteiger partial charge in [0.15, 0.2) is 5.13 Å². The molecule has 0 bridgehead atoms. The molecule has 4 rings (SSSR count). The molecular weight excluding hydrogens is 440 g/mol. The average Bonchev–Trinajstić information content (AvgIpc) is 3.21. The lowest BCUT2D eigenvalue weighted by molar-refractivity contribution is -0.118. The van der Waals surface area contributed by atoms with E-state index in [1.54, 1.807) is 42.5 Å². The summed E-state index contributed by atoms with van der Waals surface area (Å²) in [5.41, 5.74) is 2.27. The largest absolute Gasteiger partial charge is 0.495 e. The number of thiazole rings is 1. The third-order valence-electron chi connectivity index (χ3n) is 5.30. The fraction of sp³-hybridized carbons (Fsp3) is 0.250. The summed E-state index contributed by atoms with van der Waals surface area (Å²) >= 11 is 1.41. The van der Waals surface area contributed by atoms with E-state index in [2.05, 4.69) is 20.9 Å². The minimum atomic E-state index is -0.443. The number of amides is 3. The van der Waals surface area contributed by atoms with Crippen LogP contribution in [0.15, 0.2) is 48.5 Å². The Morgan fingerprint density at radius 2 is 1.85 bits per heavy atom. The topological polar surface area (TPSA) is 109 Å². The van der Waals surface area contributed by atoms with E-state index in [0.29, 0.717) is 39.9 Å². The first-order valence-electron chi connectivity index (χ1n) is 10.6. The average molecular weight is 465 g/mol. The summed E-state index contributed by atoms with van der Waals surface area (Å²) in [6.45, 7) is 1.42. The summed E-state index contributed by atoms with van der Waals surface area (Å²) < 4.78 is 5.36. The number of nitrogens with zero attached hydrogens (tertiary/aromatic N) is 1. The van der Waals surface area contributed by atoms with Crippen molar-refractivity contribution in [3.8, 4) is 5.75 Å². The molecule has 0 saturated heterocycles. The smallest absolute Gasteiger partial charge is 0.257 e. The Bertz CT molecular complexity index is 1190. The van der Waals surface area contributed by atoms with Crippen molar-refractivity contribution in [2.75, 3.05) is 23.1 Å². The number of fused-ring (bicyclic) bond motifs is 1. The molecule has 0 aliphatic heterocycles. The normalized spacial score (nSPS) is 14.7. The first-order valence-corrected chi connectivity index (χ1v) is 11.4. The van der Waals surface area contributed by atoms with Gasteiger partial charge in [-0.25, -0.2) is 4.98 Å². The van der Waals surface area contributed by atoms with Crippen LogP contribution in [-0.2, 0) is 16.0 Å². The second kappa shape index (κ2) is 9.83. The minimum absolute atomic E-state index is 0.207. The molecule has 0 radical (unpaired) electrons. The highest BCUT2D eigenvalue weighted by Crippen LogP contribution is 2.38. The number of carbonyl (C=O) groups is 3. The van der Waals surface area contributed by atoms with Crippen molar-refractivity contribution in [1.29, 1.82) is 0 Å². The van der Waals surface area contributed by atoms with Crippen LogP contribution in [0.1, 0.15) is 46.6 Å². The van der Waals surface area contributed by atoms with E-state index in [-0.39, 0.29) is 17.7 Å². The second-order valence-corrected chi connectivity index (χ2v) is 8.76. The Labute approximate surface area is 195 Å². The summed E-state index contributed by atoms with van der Waals surface area (Å²) in [4.78, 5) is 42.7. The molecule has 9 heteroatoms. The number of carbonyl (C=O) groups excluding carboxylic acids is 3. The predicted octanol–water partition coefficient (Wildman–Crippen LogP) is 4.42. The lowest BCUT2D eigenvalue weighted by Gasteiger charge is -2.21. The van der Waals surface area contributed by atoms with E-state index >= 15 is 0 Å². The Kier molecular flexibility index (Phi) is 6.69. The predicted molar refractivity (Wildman–Crippen MR) is 128 cm³/mol. The number of hydrogen-bond acceptors (Lipinski definition) is 6. The van der Waals surface area contributed by atoms with Crippen LogP contribution in [0.2, 0.25) is 0 Å². The summed E-state index contributed by atoms with van der Waals surface area (Å²) in [5.74, 6) is -0.603. The molecule has 3 aromatic rings. The summed E-state index contributed by atoms with van der Waals surface area (Å²) in [7, 11) is 1.52. The van der Waals surface area contributed by atoms with Crippen molar-refractivity contribution < 1.29 is 19.1 Å². The molecule has 1 aliphatic rings. The molecule has 3 N–H and O–H groups in total. The molecule has 1 heterocycles. The van der Waals surface area contributed by atoms with Gasteiger partial charge in [-0.1, -0.05) is 18.2 Å². The molecule has 0 saturated carbocycles. The lowest BCUT2D eigenvalue weighted by atomic mass is 9.90. The van der Waals surface area contributed by atoms with Crippen LogP contribution in [-0.4, -0.2) is 29.8 Å². The number of benzene rings is 2. The lowest BCUT2D eigenvalue weighted by Crippen LogP contribution is -2.25. The quantitative estimate of drug-likeness (QED) is 0.500. The Hall–Kier alpha value is -3.72. The molecule has 2 aromatic carbocycles. The first kappa shape index (κ1) is 22.5. The van der Waals surface area contributed by atoms with E-state index in [1.807, 2.05) is 6.07 Å². The van der Waals surface area contributed by atoms with E-state index in [4.69, 9.17) is 4.74 Å². The van der Waals surface area contributed by atoms with Crippen molar-refractivity contribution in [3.05, 3.63) is 64.7 Å². The molecule has 8 nitrogen and oxygen atoms in total. The monoisotopic (exact) mass is 464 g/mol. The van der Waals surface area contributed by atoms with Gasteiger partial charge in [0.25, 0.3) is 5.91 Å². The number of anilines is 3. The van der Waals surface area contributed by atoms with Gasteiger partial charge >= 0.3 is 0 Å². The van der Waals surface area contributed by atoms with Crippen LogP contribution in [0.3, 0.4) is 0 Å².